The molecule has 0 aromatic heterocycles. The Labute approximate surface area is 113 Å². The summed E-state index contributed by atoms with van der Waals surface area (Å²) >= 11 is 0. The number of ether oxygens (including phenoxy) is 1. The fourth-order valence-corrected chi connectivity index (χ4v) is 1.76. The van der Waals surface area contributed by atoms with Crippen molar-refractivity contribution in [1.82, 2.24) is 0 Å². The van der Waals surface area contributed by atoms with Gasteiger partial charge >= 0.3 is 0 Å². The van der Waals surface area contributed by atoms with Crippen LogP contribution in [0.4, 0.5) is 0 Å². The molecule has 2 aromatic carbocycles. The van der Waals surface area contributed by atoms with Gasteiger partial charge in [0.2, 0.25) is 0 Å². The van der Waals surface area contributed by atoms with E-state index in [0.29, 0.717) is 13.0 Å². The summed E-state index contributed by atoms with van der Waals surface area (Å²) in [5, 5.41) is 9.74. The highest BCUT2D eigenvalue weighted by molar-refractivity contribution is 5.29. The highest BCUT2D eigenvalue weighted by Crippen LogP contribution is 2.20. The molecule has 0 saturated carbocycles. The zero-order valence-corrected chi connectivity index (χ0v) is 10.6. The minimum absolute atomic E-state index is 0.324. The van der Waals surface area contributed by atoms with Crippen LogP contribution in [0, 0.1) is 12.3 Å². The highest BCUT2D eigenvalue weighted by atomic mass is 16.5. The summed E-state index contributed by atoms with van der Waals surface area (Å²) in [6, 6.07) is 17.3. The normalized spacial score (nSPS) is 11.6. The van der Waals surface area contributed by atoms with Crippen LogP contribution in [0.3, 0.4) is 0 Å². The van der Waals surface area contributed by atoms with E-state index in [1.165, 1.54) is 0 Å². The highest BCUT2D eigenvalue weighted by Gasteiger charge is 2.05. The number of aliphatic hydroxyl groups is 1. The second kappa shape index (κ2) is 6.63. The van der Waals surface area contributed by atoms with E-state index in [-0.39, 0.29) is 0 Å². The van der Waals surface area contributed by atoms with Gasteiger partial charge in [-0.2, -0.15) is 0 Å². The number of hydrogen-bond donors (Lipinski definition) is 1. The zero-order valence-electron chi connectivity index (χ0n) is 10.6. The molecule has 2 heteroatoms. The Bertz CT molecular complexity index is 538. The lowest BCUT2D eigenvalue weighted by Gasteiger charge is -2.10. The lowest BCUT2D eigenvalue weighted by Crippen LogP contribution is -1.97. The van der Waals surface area contributed by atoms with Gasteiger partial charge in [-0.25, -0.2) is 0 Å². The fraction of sp³-hybridized carbons (Fsp3) is 0.176. The standard InChI is InChI=1S/C17H16O2/c1-2-6-17(18)15-9-11-16(12-10-15)19-13-14-7-4-3-5-8-14/h1,3-5,7-12,17-18H,6,13H2. The van der Waals surface area contributed by atoms with E-state index in [4.69, 9.17) is 11.2 Å². The zero-order chi connectivity index (χ0) is 13.5. The van der Waals surface area contributed by atoms with Crippen molar-refractivity contribution in [3.63, 3.8) is 0 Å². The van der Waals surface area contributed by atoms with Gasteiger partial charge < -0.3 is 9.84 Å². The molecule has 2 rings (SSSR count). The molecule has 0 radical (unpaired) electrons. The SMILES string of the molecule is C#CCC(O)c1ccc(OCc2ccccc2)cc1. The van der Waals surface area contributed by atoms with Gasteiger partial charge in [-0.05, 0) is 23.3 Å². The third kappa shape index (κ3) is 3.87. The largest absolute Gasteiger partial charge is 0.489 e. The summed E-state index contributed by atoms with van der Waals surface area (Å²) < 4.78 is 5.66. The Hall–Kier alpha value is -2.24. The van der Waals surface area contributed by atoms with Crippen LogP contribution in [0.5, 0.6) is 5.75 Å². The van der Waals surface area contributed by atoms with Gasteiger partial charge in [-0.15, -0.1) is 12.3 Å². The van der Waals surface area contributed by atoms with Gasteiger partial charge in [-0.3, -0.25) is 0 Å². The van der Waals surface area contributed by atoms with Crippen molar-refractivity contribution in [1.29, 1.82) is 0 Å². The van der Waals surface area contributed by atoms with Crippen molar-refractivity contribution in [2.45, 2.75) is 19.1 Å². The van der Waals surface area contributed by atoms with E-state index in [9.17, 15) is 5.11 Å². The van der Waals surface area contributed by atoms with E-state index in [1.807, 2.05) is 54.6 Å². The summed E-state index contributed by atoms with van der Waals surface area (Å²) in [5.74, 6) is 3.22. The number of benzene rings is 2. The minimum atomic E-state index is -0.604. The molecule has 2 aromatic rings. The van der Waals surface area contributed by atoms with Crippen LogP contribution in [0.25, 0.3) is 0 Å². The first-order chi connectivity index (χ1) is 9.29. The summed E-state index contributed by atoms with van der Waals surface area (Å²) in [6.07, 6.45) is 4.89. The Morgan fingerprint density at radius 3 is 2.37 bits per heavy atom. The van der Waals surface area contributed by atoms with Crippen molar-refractivity contribution in [2.75, 3.05) is 0 Å². The molecule has 0 aliphatic heterocycles. The van der Waals surface area contributed by atoms with Gasteiger partial charge in [0.05, 0.1) is 6.10 Å². The summed E-state index contributed by atoms with van der Waals surface area (Å²) in [5.41, 5.74) is 1.93. The average Bonchev–Trinajstić information content (AvgIpc) is 2.47. The average molecular weight is 252 g/mol. The smallest absolute Gasteiger partial charge is 0.119 e. The number of rotatable bonds is 5. The number of terminal acetylenes is 1. The molecule has 96 valence electrons. The predicted molar refractivity (Wildman–Crippen MR) is 75.6 cm³/mol. The van der Waals surface area contributed by atoms with E-state index >= 15 is 0 Å². The molecule has 1 atom stereocenters. The summed E-state index contributed by atoms with van der Waals surface area (Å²) in [7, 11) is 0. The summed E-state index contributed by atoms with van der Waals surface area (Å²) in [6.45, 7) is 0.535. The lowest BCUT2D eigenvalue weighted by atomic mass is 10.1. The van der Waals surface area contributed by atoms with Gasteiger partial charge in [0.25, 0.3) is 0 Å². The molecule has 0 heterocycles. The predicted octanol–water partition coefficient (Wildman–Crippen LogP) is 3.32. The Kier molecular flexibility index (Phi) is 4.60. The van der Waals surface area contributed by atoms with Gasteiger partial charge in [0.15, 0.2) is 0 Å². The maximum atomic E-state index is 9.74. The molecule has 0 aliphatic rings. The van der Waals surface area contributed by atoms with Crippen LogP contribution in [0.2, 0.25) is 0 Å². The van der Waals surface area contributed by atoms with E-state index in [0.717, 1.165) is 16.9 Å². The van der Waals surface area contributed by atoms with Crippen LogP contribution < -0.4 is 4.74 Å². The van der Waals surface area contributed by atoms with Gasteiger partial charge in [-0.1, -0.05) is 42.5 Å². The monoisotopic (exact) mass is 252 g/mol. The van der Waals surface area contributed by atoms with Crippen molar-refractivity contribution < 1.29 is 9.84 Å². The first-order valence-corrected chi connectivity index (χ1v) is 6.18. The van der Waals surface area contributed by atoms with Crippen LogP contribution in [0.1, 0.15) is 23.7 Å². The quantitative estimate of drug-likeness (QED) is 0.827. The molecular weight excluding hydrogens is 236 g/mol. The van der Waals surface area contributed by atoms with Crippen LogP contribution >= 0.6 is 0 Å². The second-order valence-corrected chi connectivity index (χ2v) is 4.27. The Morgan fingerprint density at radius 1 is 1.05 bits per heavy atom. The number of aliphatic hydroxyl groups excluding tert-OH is 1. The van der Waals surface area contributed by atoms with Crippen molar-refractivity contribution in [3.05, 3.63) is 65.7 Å². The third-order valence-electron chi connectivity index (χ3n) is 2.82. The summed E-state index contributed by atoms with van der Waals surface area (Å²) in [4.78, 5) is 0. The molecule has 1 unspecified atom stereocenters. The van der Waals surface area contributed by atoms with Crippen LogP contribution in [-0.2, 0) is 6.61 Å². The van der Waals surface area contributed by atoms with E-state index < -0.39 is 6.10 Å². The van der Waals surface area contributed by atoms with Gasteiger partial charge in [0, 0.05) is 6.42 Å². The first kappa shape index (κ1) is 13.2. The Balaban J connectivity index is 1.94. The Morgan fingerprint density at radius 2 is 1.74 bits per heavy atom. The molecule has 0 fully saturated rings. The lowest BCUT2D eigenvalue weighted by molar-refractivity contribution is 0.184. The molecule has 0 spiro atoms. The third-order valence-corrected chi connectivity index (χ3v) is 2.82. The number of hydrogen-bond acceptors (Lipinski definition) is 2. The second-order valence-electron chi connectivity index (χ2n) is 4.27. The van der Waals surface area contributed by atoms with Crippen molar-refractivity contribution >= 4 is 0 Å². The molecule has 19 heavy (non-hydrogen) atoms. The fourth-order valence-electron chi connectivity index (χ4n) is 1.76. The molecule has 1 N–H and O–H groups in total. The van der Waals surface area contributed by atoms with Crippen molar-refractivity contribution in [2.24, 2.45) is 0 Å². The molecule has 0 aliphatic carbocycles. The molecule has 0 amide bonds. The van der Waals surface area contributed by atoms with Crippen molar-refractivity contribution in [3.8, 4) is 18.1 Å². The van der Waals surface area contributed by atoms with Crippen LogP contribution in [0.15, 0.2) is 54.6 Å². The molecule has 2 nitrogen and oxygen atoms in total. The van der Waals surface area contributed by atoms with Gasteiger partial charge in [0.1, 0.15) is 12.4 Å². The maximum absolute atomic E-state index is 9.74. The molecular formula is C17H16O2. The molecule has 0 saturated heterocycles. The van der Waals surface area contributed by atoms with E-state index in [1.54, 1.807) is 0 Å². The molecule has 0 bridgehead atoms. The maximum Gasteiger partial charge on any atom is 0.119 e. The minimum Gasteiger partial charge on any atom is -0.489 e. The van der Waals surface area contributed by atoms with E-state index in [2.05, 4.69) is 5.92 Å². The van der Waals surface area contributed by atoms with Crippen LogP contribution in [-0.4, -0.2) is 5.11 Å². The topological polar surface area (TPSA) is 29.5 Å². The first-order valence-electron chi connectivity index (χ1n) is 6.18.